The highest BCUT2D eigenvalue weighted by Crippen LogP contribution is 2.30. The first-order chi connectivity index (χ1) is 8.60. The fourth-order valence-electron chi connectivity index (χ4n) is 1.58. The number of hydrogen-bond acceptors (Lipinski definition) is 3. The highest BCUT2D eigenvalue weighted by molar-refractivity contribution is 9.10. The molecule has 1 rings (SSSR count). The number of rotatable bonds is 6. The highest BCUT2D eigenvalue weighted by atomic mass is 79.9. The summed E-state index contributed by atoms with van der Waals surface area (Å²) in [5.41, 5.74) is 0.800. The zero-order chi connectivity index (χ0) is 13.5. The zero-order valence-corrected chi connectivity index (χ0v) is 12.8. The quantitative estimate of drug-likeness (QED) is 0.791. The van der Waals surface area contributed by atoms with E-state index in [0.717, 1.165) is 23.0 Å². The summed E-state index contributed by atoms with van der Waals surface area (Å²) >= 11 is 9.41. The number of carbonyl (C=O) groups excluding carboxylic acids is 1. The van der Waals surface area contributed by atoms with Crippen LogP contribution in [0.4, 0.5) is 5.69 Å². The topological polar surface area (TPSA) is 38.3 Å². The molecule has 0 bridgehead atoms. The number of esters is 1. The third kappa shape index (κ3) is 4.18. The SMILES string of the molecule is CCCC(Nc1cccc(Cl)c1Br)C(=O)OCC. The van der Waals surface area contributed by atoms with Gasteiger partial charge in [0.15, 0.2) is 0 Å². The van der Waals surface area contributed by atoms with E-state index in [9.17, 15) is 4.79 Å². The van der Waals surface area contributed by atoms with Crippen LogP contribution in [-0.2, 0) is 9.53 Å². The van der Waals surface area contributed by atoms with Crippen molar-refractivity contribution in [3.63, 3.8) is 0 Å². The van der Waals surface area contributed by atoms with E-state index >= 15 is 0 Å². The number of anilines is 1. The Kier molecular flexibility index (Phi) is 6.50. The minimum absolute atomic E-state index is 0.230. The Bertz CT molecular complexity index is 412. The maximum Gasteiger partial charge on any atom is 0.328 e. The number of ether oxygens (including phenoxy) is 1. The van der Waals surface area contributed by atoms with Gasteiger partial charge in [-0.2, -0.15) is 0 Å². The summed E-state index contributed by atoms with van der Waals surface area (Å²) in [6, 6.07) is 5.15. The third-order valence-corrected chi connectivity index (χ3v) is 3.83. The van der Waals surface area contributed by atoms with Gasteiger partial charge in [0.1, 0.15) is 6.04 Å². The van der Waals surface area contributed by atoms with Gasteiger partial charge in [0, 0.05) is 0 Å². The van der Waals surface area contributed by atoms with Crippen molar-refractivity contribution in [1.82, 2.24) is 0 Å². The van der Waals surface area contributed by atoms with Crippen LogP contribution in [0.3, 0.4) is 0 Å². The monoisotopic (exact) mass is 333 g/mol. The van der Waals surface area contributed by atoms with Crippen LogP contribution in [0, 0.1) is 0 Å². The van der Waals surface area contributed by atoms with Gasteiger partial charge in [-0.05, 0) is 41.4 Å². The van der Waals surface area contributed by atoms with Crippen LogP contribution in [0.5, 0.6) is 0 Å². The molecule has 1 aromatic rings. The molecule has 0 aliphatic rings. The molecular formula is C13H17BrClNO2. The van der Waals surface area contributed by atoms with Gasteiger partial charge in [-0.25, -0.2) is 4.79 Å². The molecule has 1 unspecified atom stereocenters. The van der Waals surface area contributed by atoms with E-state index < -0.39 is 0 Å². The molecule has 0 fully saturated rings. The highest BCUT2D eigenvalue weighted by Gasteiger charge is 2.19. The van der Waals surface area contributed by atoms with E-state index in [2.05, 4.69) is 21.2 Å². The van der Waals surface area contributed by atoms with Crippen molar-refractivity contribution in [2.24, 2.45) is 0 Å². The molecule has 0 aliphatic heterocycles. The summed E-state index contributed by atoms with van der Waals surface area (Å²) in [5.74, 6) is -0.230. The van der Waals surface area contributed by atoms with Crippen LogP contribution in [0.2, 0.25) is 5.02 Å². The van der Waals surface area contributed by atoms with Crippen molar-refractivity contribution in [3.05, 3.63) is 27.7 Å². The standard InChI is InChI=1S/C13H17BrClNO2/c1-3-6-11(13(17)18-4-2)16-10-8-5-7-9(15)12(10)14/h5,7-8,11,16H,3-4,6H2,1-2H3. The molecule has 0 spiro atoms. The van der Waals surface area contributed by atoms with E-state index in [-0.39, 0.29) is 12.0 Å². The van der Waals surface area contributed by atoms with Crippen LogP contribution in [0.1, 0.15) is 26.7 Å². The molecule has 3 nitrogen and oxygen atoms in total. The van der Waals surface area contributed by atoms with Crippen LogP contribution in [-0.4, -0.2) is 18.6 Å². The summed E-state index contributed by atoms with van der Waals surface area (Å²) < 4.78 is 5.81. The van der Waals surface area contributed by atoms with Crippen molar-refractivity contribution < 1.29 is 9.53 Å². The summed E-state index contributed by atoms with van der Waals surface area (Å²) in [7, 11) is 0. The maximum absolute atomic E-state index is 11.8. The molecule has 18 heavy (non-hydrogen) atoms. The van der Waals surface area contributed by atoms with E-state index in [1.165, 1.54) is 0 Å². The van der Waals surface area contributed by atoms with Gasteiger partial charge in [0.2, 0.25) is 0 Å². The summed E-state index contributed by atoms with van der Waals surface area (Å²) in [6.07, 6.45) is 1.62. The predicted molar refractivity (Wildman–Crippen MR) is 78.1 cm³/mol. The Labute approximate surface area is 121 Å². The van der Waals surface area contributed by atoms with Crippen molar-refractivity contribution in [2.45, 2.75) is 32.7 Å². The fraction of sp³-hybridized carbons (Fsp3) is 0.462. The lowest BCUT2D eigenvalue weighted by Gasteiger charge is -2.19. The molecule has 0 radical (unpaired) electrons. The second-order valence-corrected chi connectivity index (χ2v) is 5.04. The number of benzene rings is 1. The summed E-state index contributed by atoms with van der Waals surface area (Å²) in [6.45, 7) is 4.22. The molecule has 0 amide bonds. The molecular weight excluding hydrogens is 318 g/mol. The molecule has 1 N–H and O–H groups in total. The van der Waals surface area contributed by atoms with Crippen LogP contribution >= 0.6 is 27.5 Å². The van der Waals surface area contributed by atoms with Gasteiger partial charge in [-0.1, -0.05) is 31.0 Å². The first-order valence-corrected chi connectivity index (χ1v) is 7.14. The molecule has 0 aromatic heterocycles. The van der Waals surface area contributed by atoms with Gasteiger partial charge in [0.05, 0.1) is 21.8 Å². The molecule has 0 aliphatic carbocycles. The number of carbonyl (C=O) groups is 1. The van der Waals surface area contributed by atoms with E-state index in [0.29, 0.717) is 11.6 Å². The number of hydrogen-bond donors (Lipinski definition) is 1. The third-order valence-electron chi connectivity index (χ3n) is 2.43. The molecule has 100 valence electrons. The Balaban J connectivity index is 2.82. The summed E-state index contributed by atoms with van der Waals surface area (Å²) in [4.78, 5) is 11.8. The molecule has 1 aromatic carbocycles. The Morgan fingerprint density at radius 1 is 1.50 bits per heavy atom. The lowest BCUT2D eigenvalue weighted by molar-refractivity contribution is -0.144. The molecule has 0 saturated carbocycles. The van der Waals surface area contributed by atoms with Crippen molar-refractivity contribution in [1.29, 1.82) is 0 Å². The number of nitrogens with one attached hydrogen (secondary N) is 1. The zero-order valence-electron chi connectivity index (χ0n) is 10.5. The van der Waals surface area contributed by atoms with Crippen molar-refractivity contribution in [3.8, 4) is 0 Å². The average molecular weight is 335 g/mol. The molecule has 0 saturated heterocycles. The Hall–Kier alpha value is -0.740. The lowest BCUT2D eigenvalue weighted by atomic mass is 10.1. The van der Waals surface area contributed by atoms with Gasteiger partial charge < -0.3 is 10.1 Å². The van der Waals surface area contributed by atoms with E-state index in [1.807, 2.05) is 19.1 Å². The Morgan fingerprint density at radius 3 is 2.83 bits per heavy atom. The van der Waals surface area contributed by atoms with E-state index in [4.69, 9.17) is 16.3 Å². The average Bonchev–Trinajstić information content (AvgIpc) is 2.34. The Morgan fingerprint density at radius 2 is 2.22 bits per heavy atom. The first-order valence-electron chi connectivity index (χ1n) is 5.97. The van der Waals surface area contributed by atoms with Gasteiger partial charge in [-0.3, -0.25) is 0 Å². The predicted octanol–water partition coefficient (Wildman–Crippen LogP) is 4.25. The van der Waals surface area contributed by atoms with Gasteiger partial charge in [-0.15, -0.1) is 0 Å². The maximum atomic E-state index is 11.8. The van der Waals surface area contributed by atoms with Crippen LogP contribution in [0.15, 0.2) is 22.7 Å². The van der Waals surface area contributed by atoms with Crippen molar-refractivity contribution in [2.75, 3.05) is 11.9 Å². The van der Waals surface area contributed by atoms with Gasteiger partial charge in [0.25, 0.3) is 0 Å². The van der Waals surface area contributed by atoms with Gasteiger partial charge >= 0.3 is 5.97 Å². The largest absolute Gasteiger partial charge is 0.464 e. The molecule has 1 atom stereocenters. The minimum atomic E-state index is -0.343. The fourth-order valence-corrected chi connectivity index (χ4v) is 2.14. The normalized spacial score (nSPS) is 12.0. The number of halogens is 2. The molecule has 0 heterocycles. The van der Waals surface area contributed by atoms with Crippen LogP contribution in [0.25, 0.3) is 0 Å². The summed E-state index contributed by atoms with van der Waals surface area (Å²) in [5, 5.41) is 3.78. The first kappa shape index (κ1) is 15.3. The van der Waals surface area contributed by atoms with Crippen molar-refractivity contribution >= 4 is 39.2 Å². The van der Waals surface area contributed by atoms with E-state index in [1.54, 1.807) is 13.0 Å². The minimum Gasteiger partial charge on any atom is -0.464 e. The second kappa shape index (κ2) is 7.64. The lowest BCUT2D eigenvalue weighted by Crippen LogP contribution is -2.31. The van der Waals surface area contributed by atoms with Crippen LogP contribution < -0.4 is 5.32 Å². The molecule has 5 heteroatoms. The second-order valence-electron chi connectivity index (χ2n) is 3.84. The smallest absolute Gasteiger partial charge is 0.328 e.